The maximum absolute atomic E-state index is 13.5. The summed E-state index contributed by atoms with van der Waals surface area (Å²) in [5.41, 5.74) is 1.17. The van der Waals surface area contributed by atoms with Crippen molar-refractivity contribution in [1.29, 1.82) is 0 Å². The smallest absolute Gasteiger partial charge is 0.243 e. The van der Waals surface area contributed by atoms with Crippen molar-refractivity contribution in [3.8, 4) is 0 Å². The molecule has 29 heavy (non-hydrogen) atoms. The van der Waals surface area contributed by atoms with Crippen molar-refractivity contribution in [2.24, 2.45) is 5.92 Å². The Labute approximate surface area is 173 Å². The number of carbonyl (C=O) groups excluding carboxylic acids is 1. The number of nitrogens with zero attached hydrogens (tertiary/aromatic N) is 2. The molecule has 2 heterocycles. The fourth-order valence-corrected chi connectivity index (χ4v) is 6.10. The fourth-order valence-electron chi connectivity index (χ4n) is 4.56. The van der Waals surface area contributed by atoms with Gasteiger partial charge in [0.1, 0.15) is 0 Å². The summed E-state index contributed by atoms with van der Waals surface area (Å²) in [6.45, 7) is 1.50. The molecule has 1 amide bonds. The number of hydrogen-bond acceptors (Lipinski definition) is 3. The van der Waals surface area contributed by atoms with Gasteiger partial charge in [-0.3, -0.25) is 4.79 Å². The van der Waals surface area contributed by atoms with Crippen LogP contribution in [0.25, 0.3) is 0 Å². The van der Waals surface area contributed by atoms with Gasteiger partial charge in [0, 0.05) is 19.6 Å². The van der Waals surface area contributed by atoms with E-state index in [0.717, 1.165) is 32.2 Å². The molecular weight excluding hydrogens is 384 g/mol. The first-order valence-corrected chi connectivity index (χ1v) is 11.9. The number of carbonyl (C=O) groups is 1. The maximum Gasteiger partial charge on any atom is 0.243 e. The van der Waals surface area contributed by atoms with Gasteiger partial charge in [0.2, 0.25) is 15.9 Å². The highest BCUT2D eigenvalue weighted by atomic mass is 32.2. The van der Waals surface area contributed by atoms with E-state index in [1.54, 1.807) is 24.3 Å². The summed E-state index contributed by atoms with van der Waals surface area (Å²) in [4.78, 5) is 15.8. The third kappa shape index (κ3) is 4.23. The number of amides is 1. The zero-order valence-electron chi connectivity index (χ0n) is 16.6. The van der Waals surface area contributed by atoms with Gasteiger partial charge < -0.3 is 4.90 Å². The Morgan fingerprint density at radius 3 is 2.24 bits per heavy atom. The Kier molecular flexibility index (Phi) is 6.01. The van der Waals surface area contributed by atoms with Crippen molar-refractivity contribution >= 4 is 15.9 Å². The summed E-state index contributed by atoms with van der Waals surface area (Å²) in [5, 5.41) is 0. The molecule has 2 unspecified atom stereocenters. The van der Waals surface area contributed by atoms with Crippen LogP contribution in [-0.2, 0) is 14.8 Å². The van der Waals surface area contributed by atoms with E-state index < -0.39 is 10.0 Å². The van der Waals surface area contributed by atoms with E-state index in [4.69, 9.17) is 0 Å². The van der Waals surface area contributed by atoms with Gasteiger partial charge in [0.05, 0.1) is 16.9 Å². The van der Waals surface area contributed by atoms with E-state index in [-0.39, 0.29) is 24.4 Å². The van der Waals surface area contributed by atoms with Crippen molar-refractivity contribution in [3.05, 3.63) is 66.2 Å². The van der Waals surface area contributed by atoms with Crippen LogP contribution in [-0.4, -0.2) is 43.2 Å². The number of benzene rings is 2. The van der Waals surface area contributed by atoms with Crippen LogP contribution in [0.15, 0.2) is 65.6 Å². The topological polar surface area (TPSA) is 57.7 Å². The number of rotatable bonds is 4. The summed E-state index contributed by atoms with van der Waals surface area (Å²) < 4.78 is 27.5. The summed E-state index contributed by atoms with van der Waals surface area (Å²) in [7, 11) is -3.56. The first kappa shape index (κ1) is 20.1. The minimum Gasteiger partial charge on any atom is -0.335 e. The third-order valence-corrected chi connectivity index (χ3v) is 7.96. The van der Waals surface area contributed by atoms with Crippen LogP contribution in [0.4, 0.5) is 0 Å². The molecule has 6 heteroatoms. The Morgan fingerprint density at radius 1 is 0.828 bits per heavy atom. The predicted octanol–water partition coefficient (Wildman–Crippen LogP) is 3.84. The lowest BCUT2D eigenvalue weighted by Gasteiger charge is -2.40. The summed E-state index contributed by atoms with van der Waals surface area (Å²) in [6.07, 6.45) is 4.55. The predicted molar refractivity (Wildman–Crippen MR) is 113 cm³/mol. The van der Waals surface area contributed by atoms with Gasteiger partial charge in [-0.25, -0.2) is 8.42 Å². The lowest BCUT2D eigenvalue weighted by Crippen LogP contribution is -2.48. The van der Waals surface area contributed by atoms with Gasteiger partial charge in [-0.2, -0.15) is 4.31 Å². The van der Waals surface area contributed by atoms with Gasteiger partial charge in [-0.15, -0.1) is 0 Å². The van der Waals surface area contributed by atoms with Crippen LogP contribution >= 0.6 is 0 Å². The van der Waals surface area contributed by atoms with E-state index in [0.29, 0.717) is 17.9 Å². The van der Waals surface area contributed by atoms with Crippen LogP contribution in [0.5, 0.6) is 0 Å². The molecule has 0 bridgehead atoms. The van der Waals surface area contributed by atoms with Crippen LogP contribution in [0, 0.1) is 5.92 Å². The van der Waals surface area contributed by atoms with Crippen molar-refractivity contribution in [3.63, 3.8) is 0 Å². The molecule has 2 fully saturated rings. The molecule has 4 rings (SSSR count). The number of hydrogen-bond donors (Lipinski definition) is 0. The van der Waals surface area contributed by atoms with Crippen molar-refractivity contribution in [2.75, 3.05) is 19.6 Å². The first-order chi connectivity index (χ1) is 14.1. The highest BCUT2D eigenvalue weighted by Gasteiger charge is 2.37. The van der Waals surface area contributed by atoms with Crippen LogP contribution in [0.1, 0.15) is 43.7 Å². The van der Waals surface area contributed by atoms with E-state index in [9.17, 15) is 13.2 Å². The van der Waals surface area contributed by atoms with E-state index in [1.807, 2.05) is 29.2 Å². The third-order valence-electron chi connectivity index (χ3n) is 6.08. The van der Waals surface area contributed by atoms with Crippen molar-refractivity contribution in [1.82, 2.24) is 9.21 Å². The molecule has 2 aromatic carbocycles. The minimum absolute atomic E-state index is 0.0959. The summed E-state index contributed by atoms with van der Waals surface area (Å²) in [5.74, 6) is -0.168. The molecule has 154 valence electrons. The molecule has 5 nitrogen and oxygen atoms in total. The monoisotopic (exact) mass is 412 g/mol. The molecule has 2 aliphatic rings. The van der Waals surface area contributed by atoms with Crippen LogP contribution in [0.2, 0.25) is 0 Å². The zero-order chi connectivity index (χ0) is 20.3. The molecule has 2 aliphatic heterocycles. The highest BCUT2D eigenvalue weighted by molar-refractivity contribution is 7.89. The Morgan fingerprint density at radius 2 is 1.52 bits per heavy atom. The molecule has 2 saturated heterocycles. The van der Waals surface area contributed by atoms with Gasteiger partial charge in [0.15, 0.2) is 0 Å². The average molecular weight is 413 g/mol. The second-order valence-corrected chi connectivity index (χ2v) is 9.91. The zero-order valence-corrected chi connectivity index (χ0v) is 17.4. The van der Waals surface area contributed by atoms with Crippen LogP contribution in [0.3, 0.4) is 0 Å². The van der Waals surface area contributed by atoms with Gasteiger partial charge in [-0.05, 0) is 49.8 Å². The van der Waals surface area contributed by atoms with Gasteiger partial charge in [0.25, 0.3) is 0 Å². The molecule has 0 aliphatic carbocycles. The minimum atomic E-state index is -3.56. The molecule has 0 saturated carbocycles. The SMILES string of the molecule is O=C(C1CCCN(S(=O)(=O)c2ccccc2)C1)N1CCCCC1c1ccccc1. The second-order valence-electron chi connectivity index (χ2n) is 7.97. The number of sulfonamides is 1. The van der Waals surface area contributed by atoms with Gasteiger partial charge >= 0.3 is 0 Å². The molecule has 2 aromatic rings. The molecular formula is C23H28N2O3S. The van der Waals surface area contributed by atoms with E-state index >= 15 is 0 Å². The molecule has 0 radical (unpaired) electrons. The maximum atomic E-state index is 13.5. The van der Waals surface area contributed by atoms with E-state index in [1.165, 1.54) is 9.87 Å². The largest absolute Gasteiger partial charge is 0.335 e. The standard InChI is InChI=1S/C23H28N2O3S/c26-23(25-17-8-7-15-22(25)19-10-3-1-4-11-19)20-12-9-16-24(18-20)29(27,28)21-13-5-2-6-14-21/h1-6,10-11,13-14,20,22H,7-9,12,15-18H2. The second kappa shape index (κ2) is 8.67. The van der Waals surface area contributed by atoms with Crippen LogP contribution < -0.4 is 0 Å². The van der Waals surface area contributed by atoms with Crippen molar-refractivity contribution in [2.45, 2.75) is 43.0 Å². The first-order valence-electron chi connectivity index (χ1n) is 10.5. The molecule has 0 spiro atoms. The average Bonchev–Trinajstić information content (AvgIpc) is 2.80. The number of piperidine rings is 2. The molecule has 2 atom stereocenters. The summed E-state index contributed by atoms with van der Waals surface area (Å²) in [6, 6.07) is 18.8. The van der Waals surface area contributed by atoms with Crippen molar-refractivity contribution < 1.29 is 13.2 Å². The Hall–Kier alpha value is -2.18. The molecule has 0 aromatic heterocycles. The highest BCUT2D eigenvalue weighted by Crippen LogP contribution is 2.34. The normalized spacial score (nSPS) is 23.7. The number of likely N-dealkylation sites (tertiary alicyclic amines) is 1. The fraction of sp³-hybridized carbons (Fsp3) is 0.435. The Bertz CT molecular complexity index is 931. The Balaban J connectivity index is 1.52. The summed E-state index contributed by atoms with van der Waals surface area (Å²) >= 11 is 0. The lowest BCUT2D eigenvalue weighted by molar-refractivity contribution is -0.140. The van der Waals surface area contributed by atoms with Gasteiger partial charge in [-0.1, -0.05) is 48.5 Å². The van der Waals surface area contributed by atoms with E-state index in [2.05, 4.69) is 12.1 Å². The molecule has 0 N–H and O–H groups in total. The quantitative estimate of drug-likeness (QED) is 0.767. The lowest BCUT2D eigenvalue weighted by atomic mass is 9.91.